The smallest absolute Gasteiger partial charge is 0.327 e. The van der Waals surface area contributed by atoms with Gasteiger partial charge in [-0.15, -0.1) is 0 Å². The summed E-state index contributed by atoms with van der Waals surface area (Å²) in [5, 5.41) is 41.0. The van der Waals surface area contributed by atoms with Gasteiger partial charge in [-0.1, -0.05) is 86.1 Å². The van der Waals surface area contributed by atoms with Gasteiger partial charge in [0.2, 0.25) is 70.9 Å². The zero-order valence-corrected chi connectivity index (χ0v) is 57.0. The molecule has 2 saturated heterocycles. The van der Waals surface area contributed by atoms with Crippen LogP contribution in [0.2, 0.25) is 5.02 Å². The summed E-state index contributed by atoms with van der Waals surface area (Å²) in [6.07, 6.45) is 0.660. The van der Waals surface area contributed by atoms with Gasteiger partial charge < -0.3 is 80.4 Å². The second-order valence-electron chi connectivity index (χ2n) is 25.0. The van der Waals surface area contributed by atoms with Gasteiger partial charge in [0.25, 0.3) is 0 Å². The zero-order chi connectivity index (χ0) is 73.7. The van der Waals surface area contributed by atoms with Crippen LogP contribution in [0, 0.1) is 5.92 Å². The van der Waals surface area contributed by atoms with Crippen molar-refractivity contribution in [3.05, 3.63) is 123 Å². The van der Waals surface area contributed by atoms with Crippen LogP contribution in [0.15, 0.2) is 101 Å². The van der Waals surface area contributed by atoms with Crippen LogP contribution in [0.5, 0.6) is 0 Å². The van der Waals surface area contributed by atoms with E-state index in [2.05, 4.69) is 73.2 Å². The maximum atomic E-state index is 15.2. The van der Waals surface area contributed by atoms with Gasteiger partial charge >= 0.3 is 5.97 Å². The Kier molecular flexibility index (Phi) is 31.1. The van der Waals surface area contributed by atoms with Crippen molar-refractivity contribution >= 4 is 105 Å². The quantitative estimate of drug-likeness (QED) is 0.0135. The number of hydrogen-bond acceptors (Lipinski definition) is 16. The van der Waals surface area contributed by atoms with E-state index >= 15 is 9.59 Å². The molecule has 2 fully saturated rings. The number of aliphatic carboxylic acids is 1. The normalized spacial score (nSPS) is 22.4. The molecule has 2 aliphatic rings. The summed E-state index contributed by atoms with van der Waals surface area (Å²) in [5.74, 6) is -13.1. The lowest BCUT2D eigenvalue weighted by Crippen LogP contribution is -2.61. The monoisotopic (exact) mass is 1420 g/mol. The van der Waals surface area contributed by atoms with Gasteiger partial charge in [0.15, 0.2) is 5.96 Å². The first-order chi connectivity index (χ1) is 48.2. The minimum absolute atomic E-state index is 0.00571. The molecule has 3 aromatic carbocycles. The van der Waals surface area contributed by atoms with Crippen molar-refractivity contribution < 1.29 is 67.4 Å². The Labute approximate surface area is 587 Å². The van der Waals surface area contributed by atoms with Gasteiger partial charge in [0.05, 0.1) is 0 Å². The predicted molar refractivity (Wildman–Crippen MR) is 369 cm³/mol. The largest absolute Gasteiger partial charge is 0.480 e. The number of nitrogens with two attached hydrogens (primary N) is 3. The highest BCUT2D eigenvalue weighted by Crippen LogP contribution is 2.23. The van der Waals surface area contributed by atoms with Crippen molar-refractivity contribution in [3.8, 4) is 0 Å². The standard InChI is InChI=1S/C67H88ClN19O14/c1-37(2)29-48-59(93)78-47(65(99)87-28-10-16-54(87)64(98)84-53(35-69)66(100)101)14-6-7-26-74-55(89)24-23-46(76-38(3)88)58(92)80-49(31-39-18-21-44(68)22-19-39)60(94)82-51(33-41-11-8-25-73-36-41)62(96)83-52(34-56(90)85-86-72)63(97)77-45(15-9-27-75-67(70)71)57(91)81-50(61(95)79-48)32-40-17-20-42-12-4-5-13-43(42)30-40/h4-5,8,11-13,17-22,25,30,36-37,45-54H,6-7,9-10,14-16,23-24,26-29,31-35,69H2,1-3H3,(H,74,89)(H,76,88)(H,77,97)(H,78,93)(H,79,95)(H,80,92)(H,81,91)(H,82,94)(H,83,96)(H,84,98)(H,100,101)(H4,70,71,75)/t45-,46-,47-,48-,49+,50+,51+,52-,53-,54-/m0/s1. The third-order valence-corrected chi connectivity index (χ3v) is 16.9. The van der Waals surface area contributed by atoms with E-state index in [-0.39, 0.29) is 109 Å². The highest BCUT2D eigenvalue weighted by atomic mass is 35.5. The fourth-order valence-electron chi connectivity index (χ4n) is 11.5. The number of carbonyl (C=O) groups excluding carboxylic acids is 12. The Balaban J connectivity index is 1.45. The third kappa shape index (κ3) is 25.8. The average Bonchev–Trinajstić information content (AvgIpc) is 1.82. The number of carbonyl (C=O) groups is 13. The second kappa shape index (κ2) is 39.7. The number of hydrogen-bond donors (Lipinski definition) is 14. The number of guanidine groups is 1. The Morgan fingerprint density at radius 3 is 1.92 bits per heavy atom. The average molecular weight is 1420 g/mol. The summed E-state index contributed by atoms with van der Waals surface area (Å²) >= 11 is 6.21. The number of aliphatic imine (C=N–C) groups is 1. The van der Waals surface area contributed by atoms with E-state index in [4.69, 9.17) is 28.8 Å². The Hall–Kier alpha value is -10.8. The first kappa shape index (κ1) is 79.2. The number of benzene rings is 3. The topological polar surface area (TPSA) is 518 Å². The van der Waals surface area contributed by atoms with Crippen LogP contribution in [0.3, 0.4) is 0 Å². The number of halogens is 1. The van der Waals surface area contributed by atoms with E-state index in [0.29, 0.717) is 28.1 Å². The molecular weight excluding hydrogens is 1330 g/mol. The van der Waals surface area contributed by atoms with E-state index in [1.54, 1.807) is 62.4 Å². The summed E-state index contributed by atoms with van der Waals surface area (Å²) in [6.45, 7) is 4.13. The van der Waals surface area contributed by atoms with Crippen LogP contribution in [0.1, 0.15) is 108 Å². The molecule has 10 atom stereocenters. The number of carboxylic acid groups (broad SMARTS) is 1. The van der Waals surface area contributed by atoms with Gasteiger partial charge in [-0.25, -0.2) is 4.79 Å². The third-order valence-electron chi connectivity index (χ3n) is 16.7. The van der Waals surface area contributed by atoms with Crippen molar-refractivity contribution in [2.75, 3.05) is 26.2 Å². The van der Waals surface area contributed by atoms with Gasteiger partial charge in [-0.05, 0) is 120 Å². The summed E-state index contributed by atoms with van der Waals surface area (Å²) in [4.78, 5) is 196. The zero-order valence-electron chi connectivity index (χ0n) is 56.3. The Morgan fingerprint density at radius 2 is 1.30 bits per heavy atom. The number of nitrogens with zero attached hydrogens (tertiary/aromatic N) is 6. The molecule has 0 radical (unpaired) electrons. The Morgan fingerprint density at radius 1 is 0.703 bits per heavy atom. The lowest BCUT2D eigenvalue weighted by atomic mass is 9.98. The first-order valence-electron chi connectivity index (χ1n) is 33.2. The number of nitrogens with one attached hydrogen (secondary N) is 10. The maximum Gasteiger partial charge on any atom is 0.327 e. The molecule has 34 heteroatoms. The second-order valence-corrected chi connectivity index (χ2v) is 25.5. The van der Waals surface area contributed by atoms with Gasteiger partial charge in [0, 0.05) is 87.5 Å². The van der Waals surface area contributed by atoms with Crippen LogP contribution < -0.4 is 70.4 Å². The summed E-state index contributed by atoms with van der Waals surface area (Å²) in [6, 6.07) is 6.62. The lowest BCUT2D eigenvalue weighted by molar-refractivity contribution is -0.145. The van der Waals surface area contributed by atoms with Crippen molar-refractivity contribution in [2.24, 2.45) is 33.2 Å². The first-order valence-corrected chi connectivity index (χ1v) is 33.5. The van der Waals surface area contributed by atoms with E-state index in [0.717, 1.165) is 17.7 Å². The number of pyridine rings is 1. The Bertz CT molecular complexity index is 3700. The number of azide groups is 1. The molecule has 0 aliphatic carbocycles. The highest BCUT2D eigenvalue weighted by Gasteiger charge is 2.41. The number of amides is 12. The number of carboxylic acids is 1. The molecular formula is C67H88ClN19O14. The highest BCUT2D eigenvalue weighted by molar-refractivity contribution is 6.30. The molecule has 17 N–H and O–H groups in total. The van der Waals surface area contributed by atoms with E-state index < -0.39 is 150 Å². The van der Waals surface area contributed by atoms with E-state index in [1.807, 2.05) is 18.2 Å². The van der Waals surface area contributed by atoms with E-state index in [9.17, 15) is 63.4 Å². The molecule has 4 aromatic rings. The summed E-state index contributed by atoms with van der Waals surface area (Å²) in [5.41, 5.74) is 27.6. The molecule has 3 heterocycles. The minimum Gasteiger partial charge on any atom is -0.480 e. The molecule has 2 aliphatic heterocycles. The molecule has 0 bridgehead atoms. The molecule has 6 rings (SSSR count). The van der Waals surface area contributed by atoms with Crippen molar-refractivity contribution in [3.63, 3.8) is 0 Å². The van der Waals surface area contributed by atoms with Crippen LogP contribution in [0.25, 0.3) is 21.2 Å². The van der Waals surface area contributed by atoms with Crippen LogP contribution in [0.4, 0.5) is 0 Å². The van der Waals surface area contributed by atoms with Crippen LogP contribution >= 0.6 is 11.6 Å². The van der Waals surface area contributed by atoms with Crippen molar-refractivity contribution in [1.82, 2.24) is 63.1 Å². The number of rotatable bonds is 20. The predicted octanol–water partition coefficient (Wildman–Crippen LogP) is -0.260. The van der Waals surface area contributed by atoms with Crippen molar-refractivity contribution in [1.29, 1.82) is 0 Å². The molecule has 542 valence electrons. The van der Waals surface area contributed by atoms with Gasteiger partial charge in [-0.2, -0.15) is 0 Å². The van der Waals surface area contributed by atoms with Crippen molar-refractivity contribution in [2.45, 2.75) is 171 Å². The minimum atomic E-state index is -1.99. The molecule has 0 unspecified atom stereocenters. The number of likely N-dealkylation sites (tertiary alicyclic amines) is 1. The molecule has 0 spiro atoms. The SMILES string of the molecule is CC(=O)N[C@H]1CCC(=O)NCCCC[C@@H](C(=O)N2CCC[C@H]2C(=O)N[C@@H](CN)C(=O)O)NC(=O)[C@H](CC(C)C)NC(=O)[C@@H](Cc2ccc3ccccc3c2)NC(=O)[C@H](CCCN=C(N)N)NC(=O)[C@H](CC(=O)N=[N+]=[N-])NC(=O)[C@@H](Cc2cccnc2)NC(=O)[C@@H](Cc2ccc(Cl)cc2)NC1=O. The summed E-state index contributed by atoms with van der Waals surface area (Å²) in [7, 11) is 0. The van der Waals surface area contributed by atoms with Gasteiger partial charge in [0.1, 0.15) is 60.4 Å². The maximum absolute atomic E-state index is 15.2. The van der Waals surface area contributed by atoms with Crippen LogP contribution in [-0.2, 0) is 81.6 Å². The molecule has 0 saturated carbocycles. The summed E-state index contributed by atoms with van der Waals surface area (Å²) < 4.78 is 0. The van der Waals surface area contributed by atoms with Crippen LogP contribution in [-0.4, -0.2) is 184 Å². The molecule has 12 amide bonds. The van der Waals surface area contributed by atoms with Gasteiger partial charge in [-0.3, -0.25) is 67.5 Å². The fourth-order valence-corrected chi connectivity index (χ4v) is 11.7. The number of aromatic nitrogens is 1. The number of fused-ring (bicyclic) bond motifs is 1. The molecule has 101 heavy (non-hydrogen) atoms. The molecule has 1 aromatic heterocycles. The van der Waals surface area contributed by atoms with E-state index in [1.165, 1.54) is 29.4 Å². The molecule has 33 nitrogen and oxygen atoms in total. The lowest BCUT2D eigenvalue weighted by Gasteiger charge is -2.31. The fraction of sp³-hybridized carbons (Fsp3) is 0.478.